The lowest BCUT2D eigenvalue weighted by molar-refractivity contribution is -0.160. The van der Waals surface area contributed by atoms with E-state index in [1.165, 1.54) is 0 Å². The molecule has 0 aromatic rings. The van der Waals surface area contributed by atoms with Crippen LogP contribution in [-0.4, -0.2) is 35.0 Å². The molecule has 1 fully saturated rings. The second-order valence-electron chi connectivity index (χ2n) is 3.06. The first-order chi connectivity index (χ1) is 5.06. The predicted molar refractivity (Wildman–Crippen MR) is 37.2 cm³/mol. The van der Waals surface area contributed by atoms with Crippen LogP contribution in [0.15, 0.2) is 0 Å². The molecule has 0 amide bonds. The molecule has 0 heterocycles. The van der Waals surface area contributed by atoms with Gasteiger partial charge in [-0.2, -0.15) is 0 Å². The van der Waals surface area contributed by atoms with Crippen LogP contribution in [0.5, 0.6) is 0 Å². The summed E-state index contributed by atoms with van der Waals surface area (Å²) in [5.41, 5.74) is -1.01. The number of aliphatic hydroxyl groups is 1. The third-order valence-corrected chi connectivity index (χ3v) is 2.03. The Morgan fingerprint density at radius 3 is 2.64 bits per heavy atom. The minimum atomic E-state index is -1.01. The molecular formula is C7H12O4. The molecular weight excluding hydrogens is 148 g/mol. The van der Waals surface area contributed by atoms with Gasteiger partial charge in [0.05, 0.1) is 18.1 Å². The summed E-state index contributed by atoms with van der Waals surface area (Å²) in [6.45, 7) is 0. The van der Waals surface area contributed by atoms with Crippen LogP contribution < -0.4 is 0 Å². The van der Waals surface area contributed by atoms with E-state index in [4.69, 9.17) is 9.84 Å². The Morgan fingerprint density at radius 1 is 1.73 bits per heavy atom. The highest BCUT2D eigenvalue weighted by molar-refractivity contribution is 5.68. The summed E-state index contributed by atoms with van der Waals surface area (Å²) < 4.78 is 4.91. The van der Waals surface area contributed by atoms with E-state index in [9.17, 15) is 9.90 Å². The highest BCUT2D eigenvalue weighted by Gasteiger charge is 2.44. The average Bonchev–Trinajstić information content (AvgIpc) is 1.80. The molecule has 2 N–H and O–H groups in total. The standard InChI is InChI=1S/C7H12O4/c1-11-5-2-7(10,3-5)4-6(8)9/h5,10H,2-4H2,1H3,(H,8,9). The van der Waals surface area contributed by atoms with Gasteiger partial charge in [-0.15, -0.1) is 0 Å². The topological polar surface area (TPSA) is 66.8 Å². The van der Waals surface area contributed by atoms with Crippen molar-refractivity contribution in [3.8, 4) is 0 Å². The molecule has 64 valence electrons. The second kappa shape index (κ2) is 2.79. The summed E-state index contributed by atoms with van der Waals surface area (Å²) in [5, 5.41) is 17.8. The van der Waals surface area contributed by atoms with Crippen LogP contribution in [0.3, 0.4) is 0 Å². The fourth-order valence-corrected chi connectivity index (χ4v) is 1.38. The number of hydrogen-bond acceptors (Lipinski definition) is 3. The molecule has 4 heteroatoms. The van der Waals surface area contributed by atoms with E-state index in [1.807, 2.05) is 0 Å². The van der Waals surface area contributed by atoms with Crippen molar-refractivity contribution in [1.82, 2.24) is 0 Å². The Labute approximate surface area is 64.8 Å². The van der Waals surface area contributed by atoms with Crippen molar-refractivity contribution >= 4 is 5.97 Å². The van der Waals surface area contributed by atoms with Gasteiger partial charge < -0.3 is 14.9 Å². The van der Waals surface area contributed by atoms with Gasteiger partial charge in [0, 0.05) is 20.0 Å². The Morgan fingerprint density at radius 2 is 2.27 bits per heavy atom. The smallest absolute Gasteiger partial charge is 0.306 e. The Hall–Kier alpha value is -0.610. The fraction of sp³-hybridized carbons (Fsp3) is 0.857. The van der Waals surface area contributed by atoms with Crippen LogP contribution in [0.2, 0.25) is 0 Å². The largest absolute Gasteiger partial charge is 0.481 e. The first-order valence-electron chi connectivity index (χ1n) is 3.53. The van der Waals surface area contributed by atoms with E-state index in [0.717, 1.165) is 0 Å². The number of carboxylic acid groups (broad SMARTS) is 1. The minimum Gasteiger partial charge on any atom is -0.481 e. The molecule has 0 aromatic heterocycles. The van der Waals surface area contributed by atoms with E-state index in [-0.39, 0.29) is 12.5 Å². The molecule has 1 aliphatic carbocycles. The summed E-state index contributed by atoms with van der Waals surface area (Å²) in [6, 6.07) is 0. The molecule has 0 radical (unpaired) electrons. The average molecular weight is 160 g/mol. The second-order valence-corrected chi connectivity index (χ2v) is 3.06. The number of ether oxygens (including phenoxy) is 1. The molecule has 11 heavy (non-hydrogen) atoms. The maximum Gasteiger partial charge on any atom is 0.306 e. The van der Waals surface area contributed by atoms with Crippen LogP contribution in [0.25, 0.3) is 0 Å². The Balaban J connectivity index is 2.31. The van der Waals surface area contributed by atoms with Crippen molar-refractivity contribution in [1.29, 1.82) is 0 Å². The van der Waals surface area contributed by atoms with Crippen LogP contribution in [0.4, 0.5) is 0 Å². The molecule has 1 aliphatic rings. The number of methoxy groups -OCH3 is 1. The summed E-state index contributed by atoms with van der Waals surface area (Å²) in [5.74, 6) is -0.956. The number of rotatable bonds is 3. The molecule has 0 unspecified atom stereocenters. The lowest BCUT2D eigenvalue weighted by atomic mass is 9.75. The molecule has 0 spiro atoms. The van der Waals surface area contributed by atoms with Crippen LogP contribution in [0, 0.1) is 0 Å². The van der Waals surface area contributed by atoms with Crippen LogP contribution in [0.1, 0.15) is 19.3 Å². The van der Waals surface area contributed by atoms with E-state index >= 15 is 0 Å². The normalized spacial score (nSPS) is 36.4. The molecule has 0 bridgehead atoms. The van der Waals surface area contributed by atoms with Crippen molar-refractivity contribution in [3.05, 3.63) is 0 Å². The Kier molecular flexibility index (Phi) is 2.15. The number of aliphatic carboxylic acids is 1. The van der Waals surface area contributed by atoms with Gasteiger partial charge in [0.15, 0.2) is 0 Å². The monoisotopic (exact) mass is 160 g/mol. The van der Waals surface area contributed by atoms with Crippen molar-refractivity contribution in [3.63, 3.8) is 0 Å². The van der Waals surface area contributed by atoms with Crippen molar-refractivity contribution in [2.45, 2.75) is 31.0 Å². The first kappa shape index (κ1) is 8.49. The lowest BCUT2D eigenvalue weighted by Crippen LogP contribution is -2.49. The van der Waals surface area contributed by atoms with Gasteiger partial charge in [-0.3, -0.25) is 4.79 Å². The van der Waals surface area contributed by atoms with Gasteiger partial charge in [-0.1, -0.05) is 0 Å². The molecule has 4 nitrogen and oxygen atoms in total. The molecule has 0 aromatic carbocycles. The summed E-state index contributed by atoms with van der Waals surface area (Å²) in [4.78, 5) is 10.2. The van der Waals surface area contributed by atoms with Crippen molar-refractivity contribution < 1.29 is 19.7 Å². The van der Waals surface area contributed by atoms with Crippen molar-refractivity contribution in [2.75, 3.05) is 7.11 Å². The van der Waals surface area contributed by atoms with Gasteiger partial charge in [0.25, 0.3) is 0 Å². The van der Waals surface area contributed by atoms with Gasteiger partial charge in [0.1, 0.15) is 0 Å². The quantitative estimate of drug-likeness (QED) is 0.610. The van der Waals surface area contributed by atoms with Gasteiger partial charge in [0.2, 0.25) is 0 Å². The molecule has 1 rings (SSSR count). The third kappa shape index (κ3) is 1.91. The molecule has 0 atom stereocenters. The predicted octanol–water partition coefficient (Wildman–Crippen LogP) is 0.001000. The highest BCUT2D eigenvalue weighted by Crippen LogP contribution is 2.36. The number of hydrogen-bond donors (Lipinski definition) is 2. The maximum absolute atomic E-state index is 10.2. The van der Waals surface area contributed by atoms with Gasteiger partial charge in [-0.25, -0.2) is 0 Å². The fourth-order valence-electron chi connectivity index (χ4n) is 1.38. The molecule has 0 saturated heterocycles. The number of carboxylic acids is 1. The summed E-state index contributed by atoms with van der Waals surface area (Å²) in [7, 11) is 1.56. The zero-order chi connectivity index (χ0) is 8.48. The van der Waals surface area contributed by atoms with Gasteiger partial charge >= 0.3 is 5.97 Å². The molecule has 1 saturated carbocycles. The van der Waals surface area contributed by atoms with E-state index in [0.29, 0.717) is 12.8 Å². The zero-order valence-corrected chi connectivity index (χ0v) is 6.41. The Bertz CT molecular complexity index is 160. The molecule has 0 aliphatic heterocycles. The third-order valence-electron chi connectivity index (χ3n) is 2.03. The SMILES string of the molecule is COC1CC(O)(CC(=O)O)C1. The zero-order valence-electron chi connectivity index (χ0n) is 6.41. The van der Waals surface area contributed by atoms with E-state index in [1.54, 1.807) is 7.11 Å². The summed E-state index contributed by atoms with van der Waals surface area (Å²) >= 11 is 0. The van der Waals surface area contributed by atoms with E-state index in [2.05, 4.69) is 0 Å². The summed E-state index contributed by atoms with van der Waals surface area (Å²) in [6.07, 6.45) is 0.748. The van der Waals surface area contributed by atoms with Crippen LogP contribution in [-0.2, 0) is 9.53 Å². The lowest BCUT2D eigenvalue weighted by Gasteiger charge is -2.41. The minimum absolute atomic E-state index is 0.0411. The van der Waals surface area contributed by atoms with Crippen LogP contribution >= 0.6 is 0 Å². The number of carbonyl (C=O) groups is 1. The maximum atomic E-state index is 10.2. The van der Waals surface area contributed by atoms with Gasteiger partial charge in [-0.05, 0) is 0 Å². The van der Waals surface area contributed by atoms with E-state index < -0.39 is 11.6 Å². The van der Waals surface area contributed by atoms with Crippen molar-refractivity contribution in [2.24, 2.45) is 0 Å². The highest BCUT2D eigenvalue weighted by atomic mass is 16.5. The first-order valence-corrected chi connectivity index (χ1v) is 3.53.